The molecule has 0 aromatic heterocycles. The minimum absolute atomic E-state index is 0.263. The van der Waals surface area contributed by atoms with Gasteiger partial charge in [0.1, 0.15) is 0 Å². The molecule has 0 aliphatic heterocycles. The van der Waals surface area contributed by atoms with Crippen LogP contribution in [-0.4, -0.2) is 21.5 Å². The van der Waals surface area contributed by atoms with Crippen molar-refractivity contribution in [1.29, 1.82) is 0 Å². The van der Waals surface area contributed by atoms with Crippen LogP contribution in [0.3, 0.4) is 0 Å². The van der Waals surface area contributed by atoms with Gasteiger partial charge >= 0.3 is 5.97 Å². The van der Waals surface area contributed by atoms with E-state index in [9.17, 15) is 13.2 Å². The topological polar surface area (TPSA) is 72.5 Å². The van der Waals surface area contributed by atoms with E-state index in [2.05, 4.69) is 9.46 Å². The minimum Gasteiger partial charge on any atom is -0.465 e. The molecule has 0 fully saturated rings. The lowest BCUT2D eigenvalue weighted by Crippen LogP contribution is -2.12. The molecule has 0 spiro atoms. The minimum atomic E-state index is -3.46. The number of nitrogens with one attached hydrogen (secondary N) is 1. The number of rotatable bonds is 4. The van der Waals surface area contributed by atoms with Gasteiger partial charge in [-0.2, -0.15) is 0 Å². The number of methoxy groups -OCH3 is 1. The zero-order valence-corrected chi connectivity index (χ0v) is 15.0. The van der Waals surface area contributed by atoms with Gasteiger partial charge in [-0.05, 0) is 36.4 Å². The van der Waals surface area contributed by atoms with Crippen LogP contribution in [0.5, 0.6) is 0 Å². The molecule has 0 atom stereocenters. The molecule has 0 saturated carbocycles. The van der Waals surface area contributed by atoms with E-state index in [1.807, 2.05) is 12.1 Å². The Morgan fingerprint density at radius 3 is 1.73 bits per heavy atom. The lowest BCUT2D eigenvalue weighted by molar-refractivity contribution is 0.0600. The highest BCUT2D eigenvalue weighted by atomic mass is 32.2. The fraction of sp³-hybridized carbons (Fsp3) is 0.0500. The van der Waals surface area contributed by atoms with Crippen LogP contribution in [0.2, 0.25) is 0 Å². The summed E-state index contributed by atoms with van der Waals surface area (Å²) in [6.45, 7) is 0. The zero-order valence-electron chi connectivity index (χ0n) is 14.2. The summed E-state index contributed by atoms with van der Waals surface area (Å²) in [6.07, 6.45) is 0. The Labute approximate surface area is 153 Å². The highest BCUT2D eigenvalue weighted by Crippen LogP contribution is 2.14. The van der Waals surface area contributed by atoms with Gasteiger partial charge in [0, 0.05) is 5.69 Å². The maximum atomic E-state index is 11.9. The van der Waals surface area contributed by atoms with E-state index in [-0.39, 0.29) is 10.9 Å². The molecule has 0 unspecified atom stereocenters. The van der Waals surface area contributed by atoms with Gasteiger partial charge in [-0.3, -0.25) is 4.72 Å². The quantitative estimate of drug-likeness (QED) is 0.707. The van der Waals surface area contributed by atoms with Gasteiger partial charge < -0.3 is 4.74 Å². The number of carbonyl (C=O) groups is 1. The fourth-order valence-corrected chi connectivity index (χ4v) is 3.09. The molecule has 6 heteroatoms. The number of anilines is 1. The second-order valence-electron chi connectivity index (χ2n) is 5.14. The van der Waals surface area contributed by atoms with Crippen molar-refractivity contribution >= 4 is 21.7 Å². The normalized spacial score (nSPS) is 10.2. The summed E-state index contributed by atoms with van der Waals surface area (Å²) in [5.41, 5.74) is 1.15. The fourth-order valence-electron chi connectivity index (χ4n) is 2.01. The van der Waals surface area contributed by atoms with Crippen LogP contribution in [0.15, 0.2) is 95.9 Å². The molecule has 26 heavy (non-hydrogen) atoms. The van der Waals surface area contributed by atoms with Gasteiger partial charge in [0.2, 0.25) is 0 Å². The predicted octanol–water partition coefficient (Wildman–Crippen LogP) is 3.96. The van der Waals surface area contributed by atoms with E-state index in [0.717, 1.165) is 0 Å². The van der Waals surface area contributed by atoms with Gasteiger partial charge in [-0.1, -0.05) is 54.6 Å². The maximum absolute atomic E-state index is 11.9. The van der Waals surface area contributed by atoms with E-state index >= 15 is 0 Å². The molecule has 0 radical (unpaired) electrons. The van der Waals surface area contributed by atoms with Crippen molar-refractivity contribution < 1.29 is 17.9 Å². The summed E-state index contributed by atoms with van der Waals surface area (Å²) in [5.74, 6) is -0.291. The Kier molecular flexibility index (Phi) is 6.93. The average molecular weight is 369 g/mol. The smallest absolute Gasteiger partial charge is 0.337 e. The highest BCUT2D eigenvalue weighted by molar-refractivity contribution is 7.92. The number of esters is 1. The van der Waals surface area contributed by atoms with Gasteiger partial charge in [-0.25, -0.2) is 13.2 Å². The summed E-state index contributed by atoms with van der Waals surface area (Å²) in [7, 11) is -2.09. The number of carbonyl (C=O) groups excluding carboxylic acids is 1. The Morgan fingerprint density at radius 2 is 1.23 bits per heavy atom. The second-order valence-corrected chi connectivity index (χ2v) is 6.82. The van der Waals surface area contributed by atoms with Crippen molar-refractivity contribution in [2.45, 2.75) is 4.90 Å². The van der Waals surface area contributed by atoms with Crippen molar-refractivity contribution in [3.63, 3.8) is 0 Å². The van der Waals surface area contributed by atoms with Crippen molar-refractivity contribution in [1.82, 2.24) is 0 Å². The van der Waals surface area contributed by atoms with Crippen LogP contribution in [-0.2, 0) is 14.8 Å². The van der Waals surface area contributed by atoms with E-state index in [4.69, 9.17) is 0 Å². The van der Waals surface area contributed by atoms with Crippen LogP contribution in [0.25, 0.3) is 0 Å². The lowest BCUT2D eigenvalue weighted by Gasteiger charge is -2.07. The Hall–Kier alpha value is -3.12. The maximum Gasteiger partial charge on any atom is 0.337 e. The number of sulfonamides is 1. The standard InChI is InChI=1S/C12H11NO2S.C8H8O2/c14-16(15,12-9-5-2-6-10-12)13-11-7-3-1-4-8-11;1-10-8(9)7-5-3-2-4-6-7/h1-10,13H;2-6H,1H3. The number of para-hydroxylation sites is 1. The monoisotopic (exact) mass is 369 g/mol. The van der Waals surface area contributed by atoms with Crippen LogP contribution in [0, 0.1) is 0 Å². The van der Waals surface area contributed by atoms with Crippen LogP contribution in [0.1, 0.15) is 10.4 Å². The summed E-state index contributed by atoms with van der Waals surface area (Å²) < 4.78 is 30.8. The van der Waals surface area contributed by atoms with Gasteiger partial charge in [0.05, 0.1) is 17.6 Å². The van der Waals surface area contributed by atoms with Crippen LogP contribution < -0.4 is 4.72 Å². The lowest BCUT2D eigenvalue weighted by atomic mass is 10.2. The summed E-state index contributed by atoms with van der Waals surface area (Å²) >= 11 is 0. The van der Waals surface area contributed by atoms with E-state index in [0.29, 0.717) is 11.3 Å². The third kappa shape index (κ3) is 5.75. The summed E-state index contributed by atoms with van der Waals surface area (Å²) in [6, 6.07) is 26.0. The Morgan fingerprint density at radius 1 is 0.769 bits per heavy atom. The molecule has 0 aliphatic carbocycles. The molecule has 5 nitrogen and oxygen atoms in total. The summed E-state index contributed by atoms with van der Waals surface area (Å²) in [5, 5.41) is 0. The second kappa shape index (κ2) is 9.39. The number of hydrogen-bond donors (Lipinski definition) is 1. The van der Waals surface area contributed by atoms with E-state index in [1.54, 1.807) is 78.9 Å². The van der Waals surface area contributed by atoms with E-state index in [1.165, 1.54) is 7.11 Å². The van der Waals surface area contributed by atoms with Gasteiger partial charge in [-0.15, -0.1) is 0 Å². The van der Waals surface area contributed by atoms with Crippen molar-refractivity contribution in [2.75, 3.05) is 11.8 Å². The molecule has 0 bridgehead atoms. The third-order valence-corrected chi connectivity index (χ3v) is 4.67. The molecular formula is C20H19NO4S. The number of ether oxygens (including phenoxy) is 1. The van der Waals surface area contributed by atoms with Crippen LogP contribution >= 0.6 is 0 Å². The van der Waals surface area contributed by atoms with Crippen LogP contribution in [0.4, 0.5) is 5.69 Å². The van der Waals surface area contributed by atoms with Gasteiger partial charge in [0.15, 0.2) is 0 Å². The Bertz CT molecular complexity index is 912. The third-order valence-electron chi connectivity index (χ3n) is 3.27. The zero-order chi connectivity index (χ0) is 18.8. The highest BCUT2D eigenvalue weighted by Gasteiger charge is 2.12. The number of benzene rings is 3. The van der Waals surface area contributed by atoms with E-state index < -0.39 is 10.0 Å². The molecule has 0 heterocycles. The molecule has 0 aliphatic rings. The first-order chi connectivity index (χ1) is 12.5. The summed E-state index contributed by atoms with van der Waals surface area (Å²) in [4.78, 5) is 11.1. The van der Waals surface area contributed by atoms with Crippen molar-refractivity contribution in [3.05, 3.63) is 96.6 Å². The van der Waals surface area contributed by atoms with Crippen molar-refractivity contribution in [3.8, 4) is 0 Å². The van der Waals surface area contributed by atoms with Gasteiger partial charge in [0.25, 0.3) is 10.0 Å². The average Bonchev–Trinajstić information content (AvgIpc) is 2.70. The first kappa shape index (κ1) is 19.2. The molecule has 3 rings (SSSR count). The molecule has 0 saturated heterocycles. The SMILES string of the molecule is COC(=O)c1ccccc1.O=S(=O)(Nc1ccccc1)c1ccccc1. The molecule has 0 amide bonds. The van der Waals surface area contributed by atoms with Crippen molar-refractivity contribution in [2.24, 2.45) is 0 Å². The molecule has 1 N–H and O–H groups in total. The molecule has 3 aromatic carbocycles. The molecule has 134 valence electrons. The molecule has 3 aromatic rings. The molecular weight excluding hydrogens is 350 g/mol. The number of hydrogen-bond acceptors (Lipinski definition) is 4. The first-order valence-electron chi connectivity index (χ1n) is 7.79. The predicted molar refractivity (Wildman–Crippen MR) is 101 cm³/mol. The Balaban J connectivity index is 0.000000209. The largest absolute Gasteiger partial charge is 0.465 e. The first-order valence-corrected chi connectivity index (χ1v) is 9.27.